The van der Waals surface area contributed by atoms with Crippen LogP contribution in [0.3, 0.4) is 0 Å². The molecule has 1 unspecified atom stereocenters. The average molecular weight is 250 g/mol. The van der Waals surface area contributed by atoms with Crippen molar-refractivity contribution in [1.29, 1.82) is 0 Å². The van der Waals surface area contributed by atoms with Crippen LogP contribution in [0.2, 0.25) is 0 Å². The molecule has 2 rings (SSSR count). The maximum Gasteiger partial charge on any atom is 0.329 e. The molecule has 1 atom stereocenters. The number of carbonyl (C=O) groups is 1. The summed E-state index contributed by atoms with van der Waals surface area (Å²) in [6.07, 6.45) is 1.73. The average Bonchev–Trinajstić information content (AvgIpc) is 3.13. The lowest BCUT2D eigenvalue weighted by Crippen LogP contribution is -2.45. The van der Waals surface area contributed by atoms with Crippen LogP contribution in [0, 0.1) is 16.0 Å². The number of hydrogen-bond donors (Lipinski definition) is 2. The number of carboxylic acid groups (broad SMARTS) is 1. The Bertz CT molecular complexity index is 499. The third-order valence-corrected chi connectivity index (χ3v) is 3.30. The molecule has 0 saturated heterocycles. The normalized spacial score (nSPS) is 17.8. The predicted octanol–water partition coefficient (Wildman–Crippen LogP) is 2.26. The Morgan fingerprint density at radius 3 is 2.72 bits per heavy atom. The zero-order valence-electron chi connectivity index (χ0n) is 9.92. The predicted molar refractivity (Wildman–Crippen MR) is 65.5 cm³/mol. The first-order valence-electron chi connectivity index (χ1n) is 5.69. The SMILES string of the molecule is CC(Nc1cccc([N+](=O)[O-])c1)(C(=O)O)C1CC1. The van der Waals surface area contributed by atoms with E-state index in [2.05, 4.69) is 5.32 Å². The Hall–Kier alpha value is -2.11. The molecule has 1 aromatic carbocycles. The highest BCUT2D eigenvalue weighted by atomic mass is 16.6. The van der Waals surface area contributed by atoms with Gasteiger partial charge in [0.1, 0.15) is 5.54 Å². The quantitative estimate of drug-likeness (QED) is 0.617. The first kappa shape index (κ1) is 12.3. The zero-order chi connectivity index (χ0) is 13.3. The standard InChI is InChI=1S/C12H14N2O4/c1-12(11(15)16,8-5-6-8)13-9-3-2-4-10(7-9)14(17)18/h2-4,7-8,13H,5-6H2,1H3,(H,15,16). The first-order chi connectivity index (χ1) is 8.43. The van der Waals surface area contributed by atoms with E-state index in [9.17, 15) is 20.0 Å². The van der Waals surface area contributed by atoms with Gasteiger partial charge in [-0.3, -0.25) is 10.1 Å². The monoisotopic (exact) mass is 250 g/mol. The van der Waals surface area contributed by atoms with E-state index >= 15 is 0 Å². The van der Waals surface area contributed by atoms with E-state index in [0.717, 1.165) is 12.8 Å². The van der Waals surface area contributed by atoms with Crippen molar-refractivity contribution in [2.75, 3.05) is 5.32 Å². The van der Waals surface area contributed by atoms with Gasteiger partial charge in [-0.05, 0) is 31.7 Å². The van der Waals surface area contributed by atoms with Crippen LogP contribution in [0.5, 0.6) is 0 Å². The van der Waals surface area contributed by atoms with Crippen LogP contribution in [-0.2, 0) is 4.79 Å². The second-order valence-electron chi connectivity index (χ2n) is 4.71. The molecular formula is C12H14N2O4. The highest BCUT2D eigenvalue weighted by molar-refractivity contribution is 5.83. The first-order valence-corrected chi connectivity index (χ1v) is 5.69. The van der Waals surface area contributed by atoms with Crippen LogP contribution < -0.4 is 5.32 Å². The van der Waals surface area contributed by atoms with Crippen molar-refractivity contribution >= 4 is 17.3 Å². The minimum atomic E-state index is -1.06. The second kappa shape index (κ2) is 4.29. The van der Waals surface area contributed by atoms with Crippen molar-refractivity contribution < 1.29 is 14.8 Å². The molecule has 1 aromatic rings. The van der Waals surface area contributed by atoms with Gasteiger partial charge in [0.2, 0.25) is 0 Å². The molecule has 1 aliphatic carbocycles. The highest BCUT2D eigenvalue weighted by Crippen LogP contribution is 2.41. The van der Waals surface area contributed by atoms with E-state index in [4.69, 9.17) is 0 Å². The van der Waals surface area contributed by atoms with Crippen molar-refractivity contribution in [1.82, 2.24) is 0 Å². The summed E-state index contributed by atoms with van der Waals surface area (Å²) in [5, 5.41) is 22.9. The highest BCUT2D eigenvalue weighted by Gasteiger charge is 2.47. The Morgan fingerprint density at radius 1 is 1.56 bits per heavy atom. The van der Waals surface area contributed by atoms with Gasteiger partial charge in [0, 0.05) is 17.8 Å². The minimum absolute atomic E-state index is 0.0523. The Labute approximate surface area is 104 Å². The van der Waals surface area contributed by atoms with E-state index in [-0.39, 0.29) is 11.6 Å². The number of nitro benzene ring substituents is 1. The molecule has 0 aromatic heterocycles. The number of non-ortho nitro benzene ring substituents is 1. The Morgan fingerprint density at radius 2 is 2.22 bits per heavy atom. The van der Waals surface area contributed by atoms with Gasteiger partial charge in [0.15, 0.2) is 0 Å². The number of hydrogen-bond acceptors (Lipinski definition) is 4. The smallest absolute Gasteiger partial charge is 0.329 e. The molecule has 1 fully saturated rings. The number of nitrogens with zero attached hydrogens (tertiary/aromatic N) is 1. The molecule has 0 amide bonds. The number of nitrogens with one attached hydrogen (secondary N) is 1. The number of carboxylic acids is 1. The molecule has 1 saturated carbocycles. The summed E-state index contributed by atoms with van der Waals surface area (Å²) in [4.78, 5) is 21.5. The zero-order valence-corrected chi connectivity index (χ0v) is 9.92. The van der Waals surface area contributed by atoms with E-state index in [1.165, 1.54) is 18.2 Å². The molecule has 6 heteroatoms. The van der Waals surface area contributed by atoms with E-state index in [1.54, 1.807) is 13.0 Å². The van der Waals surface area contributed by atoms with Gasteiger partial charge in [-0.1, -0.05) is 6.07 Å². The maximum atomic E-state index is 11.3. The number of nitro groups is 1. The van der Waals surface area contributed by atoms with Gasteiger partial charge in [0.25, 0.3) is 5.69 Å². The summed E-state index contributed by atoms with van der Waals surface area (Å²) < 4.78 is 0. The third kappa shape index (κ3) is 2.27. The van der Waals surface area contributed by atoms with Crippen LogP contribution in [0.15, 0.2) is 24.3 Å². The lowest BCUT2D eigenvalue weighted by Gasteiger charge is -2.27. The molecule has 0 radical (unpaired) electrons. The lowest BCUT2D eigenvalue weighted by atomic mass is 9.95. The second-order valence-corrected chi connectivity index (χ2v) is 4.71. The molecule has 18 heavy (non-hydrogen) atoms. The number of benzene rings is 1. The molecular weight excluding hydrogens is 236 g/mol. The summed E-state index contributed by atoms with van der Waals surface area (Å²) in [6, 6.07) is 5.90. The van der Waals surface area contributed by atoms with Gasteiger partial charge in [-0.25, -0.2) is 4.79 Å². The molecule has 2 N–H and O–H groups in total. The minimum Gasteiger partial charge on any atom is -0.480 e. The van der Waals surface area contributed by atoms with Crippen LogP contribution >= 0.6 is 0 Å². The Balaban J connectivity index is 2.24. The number of aliphatic carboxylic acids is 1. The number of rotatable bonds is 5. The molecule has 0 aliphatic heterocycles. The number of anilines is 1. The molecule has 1 aliphatic rings. The largest absolute Gasteiger partial charge is 0.480 e. The summed E-state index contributed by atoms with van der Waals surface area (Å²) in [5.41, 5.74) is -0.653. The lowest BCUT2D eigenvalue weighted by molar-refractivity contribution is -0.384. The van der Waals surface area contributed by atoms with E-state index in [1.807, 2.05) is 0 Å². The fourth-order valence-electron chi connectivity index (χ4n) is 1.99. The van der Waals surface area contributed by atoms with Crippen LogP contribution in [-0.4, -0.2) is 21.5 Å². The van der Waals surface area contributed by atoms with Crippen molar-refractivity contribution in [2.45, 2.75) is 25.3 Å². The molecule has 6 nitrogen and oxygen atoms in total. The topological polar surface area (TPSA) is 92.5 Å². The fourth-order valence-corrected chi connectivity index (χ4v) is 1.99. The summed E-state index contributed by atoms with van der Waals surface area (Å²) >= 11 is 0. The van der Waals surface area contributed by atoms with Gasteiger partial charge in [0.05, 0.1) is 4.92 Å². The molecule has 0 heterocycles. The summed E-state index contributed by atoms with van der Waals surface area (Å²) in [5.74, 6) is -0.856. The summed E-state index contributed by atoms with van der Waals surface area (Å²) in [6.45, 7) is 1.62. The van der Waals surface area contributed by atoms with Gasteiger partial charge in [-0.15, -0.1) is 0 Å². The van der Waals surface area contributed by atoms with Crippen LogP contribution in [0.4, 0.5) is 11.4 Å². The van der Waals surface area contributed by atoms with Gasteiger partial charge < -0.3 is 10.4 Å². The van der Waals surface area contributed by atoms with Gasteiger partial charge in [-0.2, -0.15) is 0 Å². The Kier molecular flexibility index (Phi) is 2.94. The fraction of sp³-hybridized carbons (Fsp3) is 0.417. The van der Waals surface area contributed by atoms with Gasteiger partial charge >= 0.3 is 5.97 Å². The summed E-state index contributed by atoms with van der Waals surface area (Å²) in [7, 11) is 0. The van der Waals surface area contributed by atoms with Crippen molar-refractivity contribution in [3.05, 3.63) is 34.4 Å². The van der Waals surface area contributed by atoms with Crippen molar-refractivity contribution in [2.24, 2.45) is 5.92 Å². The molecule has 0 bridgehead atoms. The third-order valence-electron chi connectivity index (χ3n) is 3.30. The van der Waals surface area contributed by atoms with Crippen molar-refractivity contribution in [3.8, 4) is 0 Å². The van der Waals surface area contributed by atoms with Crippen LogP contribution in [0.1, 0.15) is 19.8 Å². The van der Waals surface area contributed by atoms with Crippen LogP contribution in [0.25, 0.3) is 0 Å². The van der Waals surface area contributed by atoms with Crippen molar-refractivity contribution in [3.63, 3.8) is 0 Å². The van der Waals surface area contributed by atoms with E-state index < -0.39 is 16.4 Å². The molecule has 96 valence electrons. The van der Waals surface area contributed by atoms with E-state index in [0.29, 0.717) is 5.69 Å². The maximum absolute atomic E-state index is 11.3. The molecule has 0 spiro atoms.